The van der Waals surface area contributed by atoms with Gasteiger partial charge in [-0.05, 0) is 44.1 Å². The van der Waals surface area contributed by atoms with Crippen molar-refractivity contribution in [2.24, 2.45) is 4.99 Å². The fourth-order valence-corrected chi connectivity index (χ4v) is 3.25. The Hall–Kier alpha value is -1.60. The molecule has 1 aliphatic heterocycles. The number of hydrogen-bond acceptors (Lipinski definition) is 3. The lowest BCUT2D eigenvalue weighted by molar-refractivity contribution is -0.0504. The Balaban J connectivity index is 1.91. The summed E-state index contributed by atoms with van der Waals surface area (Å²) in [6.07, 6.45) is 2.38. The van der Waals surface area contributed by atoms with E-state index < -0.39 is 6.61 Å². The third-order valence-electron chi connectivity index (χ3n) is 4.32. The number of likely N-dealkylation sites (N-methyl/N-ethyl adjacent to an activating group) is 1. The number of likely N-dealkylation sites (tertiary alicyclic amines) is 1. The molecule has 1 aromatic rings. The minimum Gasteiger partial charge on any atom is -0.434 e. The highest BCUT2D eigenvalue weighted by Gasteiger charge is 2.22. The monoisotopic (exact) mass is 374 g/mol. The van der Waals surface area contributed by atoms with Gasteiger partial charge in [0.2, 0.25) is 0 Å². The largest absolute Gasteiger partial charge is 0.434 e. The molecule has 140 valence electrons. The Morgan fingerprint density at radius 3 is 2.92 bits per heavy atom. The molecule has 1 atom stereocenters. The van der Waals surface area contributed by atoms with E-state index in [-0.39, 0.29) is 12.3 Å². The number of nitrogens with one attached hydrogen (secondary N) is 2. The molecule has 0 saturated carbocycles. The van der Waals surface area contributed by atoms with E-state index in [1.807, 2.05) is 0 Å². The van der Waals surface area contributed by atoms with Gasteiger partial charge in [-0.25, -0.2) is 0 Å². The summed E-state index contributed by atoms with van der Waals surface area (Å²) in [6, 6.07) is 5.07. The first-order valence-corrected chi connectivity index (χ1v) is 8.83. The minimum absolute atomic E-state index is 0.107. The van der Waals surface area contributed by atoms with Crippen LogP contribution in [-0.4, -0.2) is 50.2 Å². The molecule has 2 rings (SSSR count). The van der Waals surface area contributed by atoms with Crippen molar-refractivity contribution < 1.29 is 13.5 Å². The zero-order chi connectivity index (χ0) is 18.2. The number of nitrogens with zero attached hydrogens (tertiary/aromatic N) is 2. The summed E-state index contributed by atoms with van der Waals surface area (Å²) in [7, 11) is 1.68. The maximum atomic E-state index is 12.5. The molecule has 0 spiro atoms. The molecule has 0 aromatic heterocycles. The number of aliphatic imine (C=N–C) groups is 1. The molecule has 0 bridgehead atoms. The lowest BCUT2D eigenvalue weighted by Crippen LogP contribution is -2.44. The molecule has 1 saturated heterocycles. The van der Waals surface area contributed by atoms with E-state index in [4.69, 9.17) is 11.6 Å². The molecule has 0 amide bonds. The predicted molar refractivity (Wildman–Crippen MR) is 96.6 cm³/mol. The van der Waals surface area contributed by atoms with Gasteiger partial charge in [-0.3, -0.25) is 9.89 Å². The van der Waals surface area contributed by atoms with Crippen LogP contribution in [0, 0.1) is 0 Å². The normalized spacial score (nSPS) is 18.6. The molecule has 25 heavy (non-hydrogen) atoms. The van der Waals surface area contributed by atoms with E-state index in [2.05, 4.69) is 32.2 Å². The summed E-state index contributed by atoms with van der Waals surface area (Å²) in [5, 5.41) is 6.88. The van der Waals surface area contributed by atoms with Crippen LogP contribution in [0.1, 0.15) is 25.3 Å². The highest BCUT2D eigenvalue weighted by atomic mass is 35.5. The zero-order valence-corrected chi connectivity index (χ0v) is 15.3. The van der Waals surface area contributed by atoms with Crippen LogP contribution in [0.25, 0.3) is 0 Å². The van der Waals surface area contributed by atoms with Gasteiger partial charge in [-0.1, -0.05) is 18.5 Å². The number of halogens is 3. The molecular formula is C17H25ClF2N4O. The van der Waals surface area contributed by atoms with Crippen LogP contribution in [0.5, 0.6) is 5.75 Å². The van der Waals surface area contributed by atoms with Gasteiger partial charge < -0.3 is 15.4 Å². The summed E-state index contributed by atoms with van der Waals surface area (Å²) < 4.78 is 29.6. The standard InChI is InChI=1S/C17H25ClF2N4O/c1-3-24-8-4-5-14(24)11-23-17(21-2)22-10-12-9-13(18)6-7-15(12)25-16(19)20/h6-7,9,14,16H,3-5,8,10-11H2,1-2H3,(H2,21,22,23). The molecule has 5 nitrogen and oxygen atoms in total. The summed E-state index contributed by atoms with van der Waals surface area (Å²) in [6.45, 7) is 2.53. The van der Waals surface area contributed by atoms with E-state index in [1.54, 1.807) is 13.1 Å². The fraction of sp³-hybridized carbons (Fsp3) is 0.588. The van der Waals surface area contributed by atoms with Gasteiger partial charge in [-0.2, -0.15) is 8.78 Å². The maximum absolute atomic E-state index is 12.5. The highest BCUT2D eigenvalue weighted by Crippen LogP contribution is 2.24. The first kappa shape index (κ1) is 19.7. The van der Waals surface area contributed by atoms with Crippen LogP contribution in [0.3, 0.4) is 0 Å². The topological polar surface area (TPSA) is 48.9 Å². The van der Waals surface area contributed by atoms with Crippen LogP contribution in [-0.2, 0) is 6.54 Å². The Kier molecular flexibility index (Phi) is 7.71. The average Bonchev–Trinajstić information content (AvgIpc) is 3.04. The first-order valence-electron chi connectivity index (χ1n) is 8.45. The molecule has 1 aliphatic rings. The van der Waals surface area contributed by atoms with E-state index >= 15 is 0 Å². The third-order valence-corrected chi connectivity index (χ3v) is 4.55. The maximum Gasteiger partial charge on any atom is 0.387 e. The van der Waals surface area contributed by atoms with Gasteiger partial charge in [0.15, 0.2) is 5.96 Å². The van der Waals surface area contributed by atoms with Gasteiger partial charge >= 0.3 is 6.61 Å². The van der Waals surface area contributed by atoms with Crippen LogP contribution in [0.15, 0.2) is 23.2 Å². The fourth-order valence-electron chi connectivity index (χ4n) is 3.05. The van der Waals surface area contributed by atoms with Crippen molar-refractivity contribution in [1.82, 2.24) is 15.5 Å². The molecule has 2 N–H and O–H groups in total. The number of hydrogen-bond donors (Lipinski definition) is 2. The predicted octanol–water partition coefficient (Wildman–Crippen LogP) is 3.09. The number of alkyl halides is 2. The van der Waals surface area contributed by atoms with Crippen LogP contribution >= 0.6 is 11.6 Å². The first-order chi connectivity index (χ1) is 12.0. The highest BCUT2D eigenvalue weighted by molar-refractivity contribution is 6.30. The number of rotatable bonds is 7. The molecule has 8 heteroatoms. The Morgan fingerprint density at radius 1 is 1.44 bits per heavy atom. The van der Waals surface area contributed by atoms with Crippen LogP contribution < -0.4 is 15.4 Å². The van der Waals surface area contributed by atoms with Gasteiger partial charge in [0.25, 0.3) is 0 Å². The second-order valence-electron chi connectivity index (χ2n) is 5.86. The summed E-state index contributed by atoms with van der Waals surface area (Å²) in [5.74, 6) is 0.723. The second kappa shape index (κ2) is 9.77. The van der Waals surface area contributed by atoms with Crippen molar-refractivity contribution in [3.8, 4) is 5.75 Å². The SMILES string of the molecule is CCN1CCCC1CNC(=NC)NCc1cc(Cl)ccc1OC(F)F. The van der Waals surface area contributed by atoms with Crippen LogP contribution in [0.4, 0.5) is 8.78 Å². The molecule has 1 heterocycles. The van der Waals surface area contributed by atoms with E-state index in [0.29, 0.717) is 22.6 Å². The van der Waals surface area contributed by atoms with Gasteiger partial charge in [-0.15, -0.1) is 0 Å². The average molecular weight is 375 g/mol. The van der Waals surface area contributed by atoms with Crippen molar-refractivity contribution in [2.75, 3.05) is 26.7 Å². The molecular weight excluding hydrogens is 350 g/mol. The Bertz CT molecular complexity index is 586. The number of guanidine groups is 1. The van der Waals surface area contributed by atoms with E-state index in [1.165, 1.54) is 25.0 Å². The zero-order valence-electron chi connectivity index (χ0n) is 14.6. The quantitative estimate of drug-likeness (QED) is 0.569. The van der Waals surface area contributed by atoms with Gasteiger partial charge in [0, 0.05) is 36.8 Å². The van der Waals surface area contributed by atoms with Crippen molar-refractivity contribution in [3.05, 3.63) is 28.8 Å². The number of ether oxygens (including phenoxy) is 1. The Labute approximate surface area is 152 Å². The van der Waals surface area contributed by atoms with Crippen molar-refractivity contribution in [1.29, 1.82) is 0 Å². The van der Waals surface area contributed by atoms with Crippen molar-refractivity contribution in [3.63, 3.8) is 0 Å². The van der Waals surface area contributed by atoms with Crippen LogP contribution in [0.2, 0.25) is 5.02 Å². The summed E-state index contributed by atoms with van der Waals surface area (Å²) >= 11 is 5.96. The van der Waals surface area contributed by atoms with Crippen molar-refractivity contribution in [2.45, 2.75) is 39.0 Å². The lowest BCUT2D eigenvalue weighted by atomic mass is 10.2. The minimum atomic E-state index is -2.88. The third kappa shape index (κ3) is 6.01. The lowest BCUT2D eigenvalue weighted by Gasteiger charge is -2.24. The second-order valence-corrected chi connectivity index (χ2v) is 6.30. The van der Waals surface area contributed by atoms with E-state index in [9.17, 15) is 8.78 Å². The molecule has 1 unspecified atom stereocenters. The smallest absolute Gasteiger partial charge is 0.387 e. The molecule has 0 radical (unpaired) electrons. The molecule has 0 aliphatic carbocycles. The van der Waals surface area contributed by atoms with Gasteiger partial charge in [0.1, 0.15) is 5.75 Å². The van der Waals surface area contributed by atoms with Gasteiger partial charge in [0.05, 0.1) is 0 Å². The number of benzene rings is 1. The molecule has 1 aromatic carbocycles. The summed E-state index contributed by atoms with van der Waals surface area (Å²) in [4.78, 5) is 6.62. The van der Waals surface area contributed by atoms with Crippen molar-refractivity contribution >= 4 is 17.6 Å². The molecule has 1 fully saturated rings. The van der Waals surface area contributed by atoms with E-state index in [0.717, 1.165) is 19.6 Å². The summed E-state index contributed by atoms with van der Waals surface area (Å²) in [5.41, 5.74) is 0.548. The Morgan fingerprint density at radius 2 is 2.24 bits per heavy atom.